The zero-order chi connectivity index (χ0) is 17.9. The molecule has 0 radical (unpaired) electrons. The number of ether oxygens (including phenoxy) is 2. The van der Waals surface area contributed by atoms with Gasteiger partial charge in [0.15, 0.2) is 6.10 Å². The van der Waals surface area contributed by atoms with Gasteiger partial charge in [-0.1, -0.05) is 24.3 Å². The Morgan fingerprint density at radius 3 is 2.85 bits per heavy atom. The summed E-state index contributed by atoms with van der Waals surface area (Å²) in [6.07, 6.45) is 5.79. The van der Waals surface area contributed by atoms with Crippen molar-refractivity contribution in [1.29, 1.82) is 0 Å². The molecular weight excluding hydrogens is 328 g/mol. The fourth-order valence-corrected chi connectivity index (χ4v) is 3.73. The van der Waals surface area contributed by atoms with Crippen LogP contribution in [0.3, 0.4) is 0 Å². The van der Waals surface area contributed by atoms with Crippen molar-refractivity contribution in [2.24, 2.45) is 0 Å². The second kappa shape index (κ2) is 7.46. The summed E-state index contributed by atoms with van der Waals surface area (Å²) in [6, 6.07) is 10.0. The summed E-state index contributed by atoms with van der Waals surface area (Å²) in [6.45, 7) is 4.01. The lowest BCUT2D eigenvalue weighted by atomic mass is 9.96. The van der Waals surface area contributed by atoms with E-state index < -0.39 is 6.10 Å². The maximum Gasteiger partial charge on any atom is 0.256 e. The van der Waals surface area contributed by atoms with E-state index in [4.69, 9.17) is 9.47 Å². The molecule has 1 aromatic carbocycles. The van der Waals surface area contributed by atoms with Crippen LogP contribution in [0.4, 0.5) is 0 Å². The van der Waals surface area contributed by atoms with Crippen molar-refractivity contribution in [2.75, 3.05) is 19.7 Å². The highest BCUT2D eigenvalue weighted by atomic mass is 16.5. The van der Waals surface area contributed by atoms with Crippen LogP contribution in [0, 0.1) is 6.92 Å². The highest BCUT2D eigenvalue weighted by Gasteiger charge is 2.33. The van der Waals surface area contributed by atoms with Crippen molar-refractivity contribution in [2.45, 2.75) is 38.4 Å². The Bertz CT molecular complexity index is 784. The SMILES string of the molecule is Cc1cnccc1OC1CCN(C(=O)C2OCCc3ccccc32)CC1. The van der Waals surface area contributed by atoms with E-state index in [1.165, 1.54) is 5.56 Å². The Kier molecular flexibility index (Phi) is 4.89. The lowest BCUT2D eigenvalue weighted by Gasteiger charge is -2.35. The number of pyridine rings is 1. The summed E-state index contributed by atoms with van der Waals surface area (Å²) in [7, 11) is 0. The normalized spacial score (nSPS) is 20.5. The molecule has 2 aliphatic rings. The van der Waals surface area contributed by atoms with Crippen molar-refractivity contribution < 1.29 is 14.3 Å². The Labute approximate surface area is 153 Å². The molecular formula is C21H24N2O3. The molecule has 1 fully saturated rings. The maximum absolute atomic E-state index is 13.0. The van der Waals surface area contributed by atoms with E-state index in [1.807, 2.05) is 42.3 Å². The number of carbonyl (C=O) groups excluding carboxylic acids is 1. The van der Waals surface area contributed by atoms with E-state index in [0.717, 1.165) is 36.1 Å². The summed E-state index contributed by atoms with van der Waals surface area (Å²) >= 11 is 0. The summed E-state index contributed by atoms with van der Waals surface area (Å²) in [5.41, 5.74) is 3.29. The van der Waals surface area contributed by atoms with E-state index in [1.54, 1.807) is 6.20 Å². The summed E-state index contributed by atoms with van der Waals surface area (Å²) in [5.74, 6) is 0.963. The van der Waals surface area contributed by atoms with Gasteiger partial charge in [0, 0.05) is 43.9 Å². The Hall–Kier alpha value is -2.40. The fourth-order valence-electron chi connectivity index (χ4n) is 3.73. The van der Waals surface area contributed by atoms with Gasteiger partial charge in [0.25, 0.3) is 5.91 Å². The smallest absolute Gasteiger partial charge is 0.256 e. The quantitative estimate of drug-likeness (QED) is 0.852. The van der Waals surface area contributed by atoms with Gasteiger partial charge in [-0.15, -0.1) is 0 Å². The number of aromatic nitrogens is 1. The minimum absolute atomic E-state index is 0.0793. The Morgan fingerprint density at radius 1 is 1.23 bits per heavy atom. The maximum atomic E-state index is 13.0. The average Bonchev–Trinajstić information content (AvgIpc) is 2.69. The van der Waals surface area contributed by atoms with E-state index in [0.29, 0.717) is 19.7 Å². The highest BCUT2D eigenvalue weighted by molar-refractivity contribution is 5.83. The fraction of sp³-hybridized carbons (Fsp3) is 0.429. The minimum atomic E-state index is -0.458. The number of carbonyl (C=O) groups is 1. The number of fused-ring (bicyclic) bond motifs is 1. The van der Waals surface area contributed by atoms with E-state index in [2.05, 4.69) is 11.1 Å². The molecule has 26 heavy (non-hydrogen) atoms. The molecule has 136 valence electrons. The molecule has 0 N–H and O–H groups in total. The first-order chi connectivity index (χ1) is 12.7. The van der Waals surface area contributed by atoms with Gasteiger partial charge in [-0.25, -0.2) is 0 Å². The van der Waals surface area contributed by atoms with Crippen LogP contribution in [0.5, 0.6) is 5.75 Å². The van der Waals surface area contributed by atoms with Gasteiger partial charge in [0.2, 0.25) is 0 Å². The van der Waals surface area contributed by atoms with E-state index >= 15 is 0 Å². The topological polar surface area (TPSA) is 51.7 Å². The first kappa shape index (κ1) is 17.0. The zero-order valence-electron chi connectivity index (χ0n) is 15.1. The Morgan fingerprint density at radius 2 is 2.04 bits per heavy atom. The molecule has 1 aromatic heterocycles. The average molecular weight is 352 g/mol. The minimum Gasteiger partial charge on any atom is -0.490 e. The number of hydrogen-bond donors (Lipinski definition) is 0. The van der Waals surface area contributed by atoms with Crippen LogP contribution < -0.4 is 4.74 Å². The third-order valence-electron chi connectivity index (χ3n) is 5.23. The van der Waals surface area contributed by atoms with Gasteiger partial charge in [-0.3, -0.25) is 9.78 Å². The number of piperidine rings is 1. The number of nitrogens with zero attached hydrogens (tertiary/aromatic N) is 2. The first-order valence-corrected chi connectivity index (χ1v) is 9.28. The van der Waals surface area contributed by atoms with Crippen molar-refractivity contribution in [3.8, 4) is 5.75 Å². The van der Waals surface area contributed by atoms with Gasteiger partial charge in [-0.2, -0.15) is 0 Å². The van der Waals surface area contributed by atoms with E-state index in [-0.39, 0.29) is 12.0 Å². The third-order valence-corrected chi connectivity index (χ3v) is 5.23. The van der Waals surface area contributed by atoms with Gasteiger partial charge < -0.3 is 14.4 Å². The molecule has 0 aliphatic carbocycles. The van der Waals surface area contributed by atoms with Crippen LogP contribution in [-0.4, -0.2) is 41.6 Å². The molecule has 2 aromatic rings. The number of benzene rings is 1. The molecule has 1 amide bonds. The van der Waals surface area contributed by atoms with Gasteiger partial charge in [0.1, 0.15) is 11.9 Å². The molecule has 0 saturated carbocycles. The van der Waals surface area contributed by atoms with E-state index in [9.17, 15) is 4.79 Å². The van der Waals surface area contributed by atoms with Crippen LogP contribution in [-0.2, 0) is 16.0 Å². The van der Waals surface area contributed by atoms with Crippen molar-refractivity contribution in [3.05, 3.63) is 59.4 Å². The number of aryl methyl sites for hydroxylation is 1. The molecule has 3 heterocycles. The van der Waals surface area contributed by atoms with Gasteiger partial charge in [-0.05, 0) is 30.5 Å². The largest absolute Gasteiger partial charge is 0.490 e. The second-order valence-electron chi connectivity index (χ2n) is 6.98. The number of likely N-dealkylation sites (tertiary alicyclic amines) is 1. The number of hydrogen-bond acceptors (Lipinski definition) is 4. The first-order valence-electron chi connectivity index (χ1n) is 9.28. The second-order valence-corrected chi connectivity index (χ2v) is 6.98. The number of rotatable bonds is 3. The standard InChI is InChI=1S/C21H24N2O3/c1-15-14-22-10-6-19(15)26-17-7-11-23(12-8-17)21(24)20-18-5-3-2-4-16(18)9-13-25-20/h2-6,10,14,17,20H,7-9,11-13H2,1H3. The number of amides is 1. The monoisotopic (exact) mass is 352 g/mol. The highest BCUT2D eigenvalue weighted by Crippen LogP contribution is 2.30. The van der Waals surface area contributed by atoms with Gasteiger partial charge in [0.05, 0.1) is 6.61 Å². The van der Waals surface area contributed by atoms with Crippen LogP contribution in [0.1, 0.15) is 35.6 Å². The van der Waals surface area contributed by atoms with Crippen molar-refractivity contribution in [3.63, 3.8) is 0 Å². The van der Waals surface area contributed by atoms with Crippen LogP contribution in [0.15, 0.2) is 42.7 Å². The van der Waals surface area contributed by atoms with Crippen molar-refractivity contribution in [1.82, 2.24) is 9.88 Å². The Balaban J connectivity index is 1.38. The zero-order valence-corrected chi connectivity index (χ0v) is 15.1. The predicted molar refractivity (Wildman–Crippen MR) is 98.0 cm³/mol. The molecule has 1 unspecified atom stereocenters. The molecule has 5 nitrogen and oxygen atoms in total. The lowest BCUT2D eigenvalue weighted by molar-refractivity contribution is -0.147. The molecule has 1 saturated heterocycles. The van der Waals surface area contributed by atoms with Gasteiger partial charge >= 0.3 is 0 Å². The molecule has 1 atom stereocenters. The van der Waals surface area contributed by atoms with Crippen LogP contribution in [0.25, 0.3) is 0 Å². The third kappa shape index (κ3) is 3.44. The summed E-state index contributed by atoms with van der Waals surface area (Å²) in [5, 5.41) is 0. The molecule has 5 heteroatoms. The predicted octanol–water partition coefficient (Wildman–Crippen LogP) is 3.07. The molecule has 0 bridgehead atoms. The molecule has 4 rings (SSSR count). The molecule has 2 aliphatic heterocycles. The molecule has 0 spiro atoms. The summed E-state index contributed by atoms with van der Waals surface area (Å²) in [4.78, 5) is 19.0. The summed E-state index contributed by atoms with van der Waals surface area (Å²) < 4.78 is 11.9. The lowest BCUT2D eigenvalue weighted by Crippen LogP contribution is -2.45. The van der Waals surface area contributed by atoms with Crippen molar-refractivity contribution >= 4 is 5.91 Å². The van der Waals surface area contributed by atoms with Crippen LogP contribution >= 0.6 is 0 Å². The van der Waals surface area contributed by atoms with Crippen LogP contribution in [0.2, 0.25) is 0 Å².